The van der Waals surface area contributed by atoms with Crippen LogP contribution in [-0.2, 0) is 16.1 Å². The fourth-order valence-electron chi connectivity index (χ4n) is 3.45. The van der Waals surface area contributed by atoms with Crippen LogP contribution in [0.4, 0.5) is 5.69 Å². The molecule has 1 fully saturated rings. The SMILES string of the molecule is CC1CCCN(C(=O)CC(=O)N(Cc2ccccc2)c2ccccc2)C1. The minimum Gasteiger partial charge on any atom is -0.342 e. The first kappa shape index (κ1) is 18.2. The fourth-order valence-corrected chi connectivity index (χ4v) is 3.45. The summed E-state index contributed by atoms with van der Waals surface area (Å²) in [6.45, 7) is 4.15. The standard InChI is InChI=1S/C22H26N2O2/c1-18-9-8-14-23(16-18)21(25)15-22(26)24(20-12-6-3-7-13-20)17-19-10-4-2-5-11-19/h2-7,10-13,18H,8-9,14-17H2,1H3. The van der Waals surface area contributed by atoms with Gasteiger partial charge in [0, 0.05) is 18.8 Å². The molecule has 4 heteroatoms. The van der Waals surface area contributed by atoms with Crippen molar-refractivity contribution in [3.63, 3.8) is 0 Å². The summed E-state index contributed by atoms with van der Waals surface area (Å²) in [6.07, 6.45) is 2.10. The summed E-state index contributed by atoms with van der Waals surface area (Å²) < 4.78 is 0. The van der Waals surface area contributed by atoms with Crippen LogP contribution in [0.2, 0.25) is 0 Å². The Morgan fingerprint density at radius 1 is 1.04 bits per heavy atom. The van der Waals surface area contributed by atoms with E-state index >= 15 is 0 Å². The third-order valence-electron chi connectivity index (χ3n) is 4.86. The molecule has 0 aromatic heterocycles. The van der Waals surface area contributed by atoms with Gasteiger partial charge in [-0.05, 0) is 36.5 Å². The molecule has 0 aliphatic carbocycles. The minimum atomic E-state index is -0.150. The number of amides is 2. The molecule has 0 bridgehead atoms. The van der Waals surface area contributed by atoms with Crippen LogP contribution in [0.3, 0.4) is 0 Å². The quantitative estimate of drug-likeness (QED) is 0.768. The molecule has 1 atom stereocenters. The van der Waals surface area contributed by atoms with Gasteiger partial charge in [-0.15, -0.1) is 0 Å². The van der Waals surface area contributed by atoms with Crippen LogP contribution in [0.5, 0.6) is 0 Å². The van der Waals surface area contributed by atoms with E-state index in [-0.39, 0.29) is 18.2 Å². The number of rotatable bonds is 5. The number of hydrogen-bond donors (Lipinski definition) is 0. The Balaban J connectivity index is 1.73. The van der Waals surface area contributed by atoms with Gasteiger partial charge in [-0.3, -0.25) is 9.59 Å². The van der Waals surface area contributed by atoms with E-state index in [4.69, 9.17) is 0 Å². The van der Waals surface area contributed by atoms with Crippen LogP contribution in [0.1, 0.15) is 31.7 Å². The van der Waals surface area contributed by atoms with E-state index in [1.54, 1.807) is 4.90 Å². The van der Waals surface area contributed by atoms with Gasteiger partial charge in [-0.25, -0.2) is 0 Å². The fraction of sp³-hybridized carbons (Fsp3) is 0.364. The normalized spacial score (nSPS) is 17.0. The number of carbonyl (C=O) groups is 2. The second-order valence-corrected chi connectivity index (χ2v) is 7.06. The van der Waals surface area contributed by atoms with Crippen molar-refractivity contribution in [3.05, 3.63) is 66.2 Å². The van der Waals surface area contributed by atoms with Crippen LogP contribution < -0.4 is 4.90 Å². The van der Waals surface area contributed by atoms with Gasteiger partial charge >= 0.3 is 0 Å². The average Bonchev–Trinajstić information content (AvgIpc) is 2.67. The molecule has 1 unspecified atom stereocenters. The molecule has 0 saturated carbocycles. The number of piperidine rings is 1. The van der Waals surface area contributed by atoms with Crippen LogP contribution in [-0.4, -0.2) is 29.8 Å². The molecule has 0 spiro atoms. The number of carbonyl (C=O) groups excluding carboxylic acids is 2. The number of anilines is 1. The molecule has 1 aliphatic rings. The number of hydrogen-bond acceptors (Lipinski definition) is 2. The van der Waals surface area contributed by atoms with Crippen LogP contribution in [0, 0.1) is 5.92 Å². The van der Waals surface area contributed by atoms with E-state index in [1.807, 2.05) is 65.6 Å². The highest BCUT2D eigenvalue weighted by molar-refractivity contribution is 6.04. The Hall–Kier alpha value is -2.62. The lowest BCUT2D eigenvalue weighted by Gasteiger charge is -2.31. The van der Waals surface area contributed by atoms with Crippen molar-refractivity contribution in [2.75, 3.05) is 18.0 Å². The van der Waals surface area contributed by atoms with Gasteiger partial charge in [0.05, 0.1) is 6.54 Å². The summed E-state index contributed by atoms with van der Waals surface area (Å²) in [5, 5.41) is 0. The number of nitrogens with zero attached hydrogens (tertiary/aromatic N) is 2. The van der Waals surface area contributed by atoms with E-state index in [0.29, 0.717) is 12.5 Å². The molecular formula is C22H26N2O2. The van der Waals surface area contributed by atoms with Gasteiger partial charge in [0.2, 0.25) is 11.8 Å². The van der Waals surface area contributed by atoms with Crippen molar-refractivity contribution in [3.8, 4) is 0 Å². The van der Waals surface area contributed by atoms with E-state index in [0.717, 1.165) is 37.2 Å². The first-order valence-corrected chi connectivity index (χ1v) is 9.30. The zero-order chi connectivity index (χ0) is 18.4. The maximum absolute atomic E-state index is 13.0. The largest absolute Gasteiger partial charge is 0.342 e. The van der Waals surface area contributed by atoms with Crippen LogP contribution in [0.25, 0.3) is 0 Å². The molecule has 1 heterocycles. The van der Waals surface area contributed by atoms with Gasteiger partial charge in [0.1, 0.15) is 6.42 Å². The third-order valence-corrected chi connectivity index (χ3v) is 4.86. The molecule has 2 aromatic rings. The summed E-state index contributed by atoms with van der Waals surface area (Å²) in [7, 11) is 0. The number of likely N-dealkylation sites (tertiary alicyclic amines) is 1. The van der Waals surface area contributed by atoms with Gasteiger partial charge in [-0.2, -0.15) is 0 Å². The lowest BCUT2D eigenvalue weighted by molar-refractivity contribution is -0.136. The highest BCUT2D eigenvalue weighted by Crippen LogP contribution is 2.20. The third kappa shape index (κ3) is 4.72. The molecule has 2 aromatic carbocycles. The topological polar surface area (TPSA) is 40.6 Å². The Kier molecular flexibility index (Phi) is 6.05. The predicted molar refractivity (Wildman–Crippen MR) is 104 cm³/mol. The molecule has 0 N–H and O–H groups in total. The van der Waals surface area contributed by atoms with Gasteiger partial charge in [0.15, 0.2) is 0 Å². The Morgan fingerprint density at radius 2 is 1.69 bits per heavy atom. The molecular weight excluding hydrogens is 324 g/mol. The molecule has 3 rings (SSSR count). The Bertz CT molecular complexity index is 730. The predicted octanol–water partition coefficient (Wildman–Crippen LogP) is 3.87. The second-order valence-electron chi connectivity index (χ2n) is 7.06. The van der Waals surface area contributed by atoms with Crippen molar-refractivity contribution >= 4 is 17.5 Å². The zero-order valence-corrected chi connectivity index (χ0v) is 15.3. The number of para-hydroxylation sites is 1. The maximum Gasteiger partial charge on any atom is 0.236 e. The summed E-state index contributed by atoms with van der Waals surface area (Å²) in [4.78, 5) is 29.1. The molecule has 136 valence electrons. The van der Waals surface area contributed by atoms with Crippen molar-refractivity contribution in [1.82, 2.24) is 4.90 Å². The average molecular weight is 350 g/mol. The second kappa shape index (κ2) is 8.65. The van der Waals surface area contributed by atoms with Crippen molar-refractivity contribution in [2.24, 2.45) is 5.92 Å². The highest BCUT2D eigenvalue weighted by atomic mass is 16.2. The first-order valence-electron chi connectivity index (χ1n) is 9.30. The lowest BCUT2D eigenvalue weighted by atomic mass is 10.00. The van der Waals surface area contributed by atoms with Crippen LogP contribution >= 0.6 is 0 Å². The number of benzene rings is 2. The summed E-state index contributed by atoms with van der Waals surface area (Å²) in [6, 6.07) is 19.4. The lowest BCUT2D eigenvalue weighted by Crippen LogP contribution is -2.42. The van der Waals surface area contributed by atoms with Gasteiger partial charge in [-0.1, -0.05) is 55.5 Å². The van der Waals surface area contributed by atoms with Gasteiger partial charge in [0.25, 0.3) is 0 Å². The molecule has 4 nitrogen and oxygen atoms in total. The molecule has 1 saturated heterocycles. The molecule has 26 heavy (non-hydrogen) atoms. The van der Waals surface area contributed by atoms with E-state index in [9.17, 15) is 9.59 Å². The Labute approximate surface area is 155 Å². The zero-order valence-electron chi connectivity index (χ0n) is 15.3. The summed E-state index contributed by atoms with van der Waals surface area (Å²) in [5.74, 6) is 0.302. The summed E-state index contributed by atoms with van der Waals surface area (Å²) in [5.41, 5.74) is 1.87. The van der Waals surface area contributed by atoms with Gasteiger partial charge < -0.3 is 9.80 Å². The van der Waals surface area contributed by atoms with Crippen LogP contribution in [0.15, 0.2) is 60.7 Å². The van der Waals surface area contributed by atoms with E-state index in [2.05, 4.69) is 6.92 Å². The maximum atomic E-state index is 13.0. The Morgan fingerprint density at radius 3 is 2.35 bits per heavy atom. The van der Waals surface area contributed by atoms with Crippen molar-refractivity contribution < 1.29 is 9.59 Å². The van der Waals surface area contributed by atoms with E-state index in [1.165, 1.54) is 0 Å². The van der Waals surface area contributed by atoms with E-state index < -0.39 is 0 Å². The monoisotopic (exact) mass is 350 g/mol. The molecule has 2 amide bonds. The summed E-state index contributed by atoms with van der Waals surface area (Å²) >= 11 is 0. The smallest absolute Gasteiger partial charge is 0.236 e. The highest BCUT2D eigenvalue weighted by Gasteiger charge is 2.25. The van der Waals surface area contributed by atoms with Crippen molar-refractivity contribution in [2.45, 2.75) is 32.7 Å². The minimum absolute atomic E-state index is 0.0597. The van der Waals surface area contributed by atoms with Crippen molar-refractivity contribution in [1.29, 1.82) is 0 Å². The molecule has 1 aliphatic heterocycles. The first-order chi connectivity index (χ1) is 12.6. The molecule has 0 radical (unpaired) electrons.